The van der Waals surface area contributed by atoms with Crippen molar-refractivity contribution < 1.29 is 19.1 Å². The highest BCUT2D eigenvalue weighted by atomic mass is 16.5. The smallest absolute Gasteiger partial charge is 0.254 e. The summed E-state index contributed by atoms with van der Waals surface area (Å²) in [6, 6.07) is 14.3. The molecular weight excluding hydrogens is 408 g/mol. The largest absolute Gasteiger partial charge is 0.380 e. The van der Waals surface area contributed by atoms with Crippen molar-refractivity contribution in [1.29, 1.82) is 0 Å². The summed E-state index contributed by atoms with van der Waals surface area (Å²) in [5.74, 6) is -0.547. The van der Waals surface area contributed by atoms with Crippen molar-refractivity contribution in [3.63, 3.8) is 0 Å². The molecule has 0 radical (unpaired) electrons. The van der Waals surface area contributed by atoms with E-state index >= 15 is 0 Å². The highest BCUT2D eigenvalue weighted by Gasteiger charge is 2.29. The van der Waals surface area contributed by atoms with Gasteiger partial charge in [-0.15, -0.1) is 0 Å². The lowest BCUT2D eigenvalue weighted by molar-refractivity contribution is -0.0246. The summed E-state index contributed by atoms with van der Waals surface area (Å²) < 4.78 is 11.1. The van der Waals surface area contributed by atoms with Crippen LogP contribution in [-0.4, -0.2) is 53.5 Å². The summed E-state index contributed by atoms with van der Waals surface area (Å²) >= 11 is 0. The van der Waals surface area contributed by atoms with Gasteiger partial charge in [0, 0.05) is 42.7 Å². The van der Waals surface area contributed by atoms with Gasteiger partial charge in [-0.3, -0.25) is 19.6 Å². The number of rotatable bonds is 6. The van der Waals surface area contributed by atoms with E-state index < -0.39 is 12.0 Å². The summed E-state index contributed by atoms with van der Waals surface area (Å²) in [6.45, 7) is 1.76. The highest BCUT2D eigenvalue weighted by molar-refractivity contribution is 5.94. The zero-order chi connectivity index (χ0) is 22.5. The third-order valence-corrected chi connectivity index (χ3v) is 5.34. The first-order valence-electron chi connectivity index (χ1n) is 10.3. The zero-order valence-electron chi connectivity index (χ0n) is 17.7. The average molecular weight is 432 g/mol. The molecule has 32 heavy (non-hydrogen) atoms. The number of nitrogens with two attached hydrogens (primary N) is 1. The number of aromatic nitrogens is 2. The van der Waals surface area contributed by atoms with E-state index in [1.807, 2.05) is 24.3 Å². The maximum atomic E-state index is 13.1. The van der Waals surface area contributed by atoms with E-state index in [4.69, 9.17) is 15.2 Å². The van der Waals surface area contributed by atoms with Crippen LogP contribution in [0.1, 0.15) is 38.1 Å². The number of morpholine rings is 1. The minimum Gasteiger partial charge on any atom is -0.380 e. The summed E-state index contributed by atoms with van der Waals surface area (Å²) in [5.41, 5.74) is 9.46. The first kappa shape index (κ1) is 21.6. The van der Waals surface area contributed by atoms with Crippen molar-refractivity contribution >= 4 is 11.8 Å². The van der Waals surface area contributed by atoms with Gasteiger partial charge in [0.2, 0.25) is 5.91 Å². The molecule has 1 fully saturated rings. The molecule has 1 aliphatic rings. The fourth-order valence-electron chi connectivity index (χ4n) is 3.69. The van der Waals surface area contributed by atoms with Crippen molar-refractivity contribution in [1.82, 2.24) is 14.9 Å². The molecule has 0 aliphatic carbocycles. The number of carbonyl (C=O) groups is 2. The Labute approximate surface area is 186 Å². The molecule has 0 bridgehead atoms. The predicted octanol–water partition coefficient (Wildman–Crippen LogP) is 2.60. The van der Waals surface area contributed by atoms with Crippen LogP contribution in [0.2, 0.25) is 0 Å². The van der Waals surface area contributed by atoms with Crippen molar-refractivity contribution in [2.24, 2.45) is 5.73 Å². The van der Waals surface area contributed by atoms with Crippen LogP contribution in [0.4, 0.5) is 0 Å². The minimum absolute atomic E-state index is 0.0569. The second kappa shape index (κ2) is 9.67. The lowest BCUT2D eigenvalue weighted by Crippen LogP contribution is -2.42. The topological polar surface area (TPSA) is 108 Å². The Hall–Kier alpha value is -3.62. The fraction of sp³-hybridized carbons (Fsp3) is 0.250. The van der Waals surface area contributed by atoms with Gasteiger partial charge >= 0.3 is 0 Å². The van der Waals surface area contributed by atoms with Crippen LogP contribution in [0.15, 0.2) is 60.9 Å². The normalized spacial score (nSPS) is 16.0. The molecule has 164 valence electrons. The lowest BCUT2D eigenvalue weighted by Gasteiger charge is -2.33. The first-order valence-corrected chi connectivity index (χ1v) is 10.3. The summed E-state index contributed by atoms with van der Waals surface area (Å²) in [7, 11) is 1.64. The van der Waals surface area contributed by atoms with E-state index in [0.717, 1.165) is 11.1 Å². The number of carbonyl (C=O) groups excluding carboxylic acids is 2. The molecule has 3 aromatic rings. The van der Waals surface area contributed by atoms with Crippen molar-refractivity contribution in [2.75, 3.05) is 26.8 Å². The third kappa shape index (κ3) is 4.66. The highest BCUT2D eigenvalue weighted by Crippen LogP contribution is 2.29. The summed E-state index contributed by atoms with van der Waals surface area (Å²) in [4.78, 5) is 35.2. The molecule has 4 rings (SSSR count). The maximum Gasteiger partial charge on any atom is 0.254 e. The van der Waals surface area contributed by atoms with Crippen molar-refractivity contribution in [2.45, 2.75) is 12.7 Å². The molecule has 2 N–H and O–H groups in total. The van der Waals surface area contributed by atoms with E-state index in [9.17, 15) is 9.59 Å². The minimum atomic E-state index is -0.490. The van der Waals surface area contributed by atoms with E-state index in [0.29, 0.717) is 48.8 Å². The molecular formula is C24H24N4O4. The molecule has 2 aromatic carbocycles. The van der Waals surface area contributed by atoms with Gasteiger partial charge in [-0.2, -0.15) is 0 Å². The Morgan fingerprint density at radius 1 is 1.06 bits per heavy atom. The summed E-state index contributed by atoms with van der Waals surface area (Å²) in [6.07, 6.45) is 2.80. The zero-order valence-corrected chi connectivity index (χ0v) is 17.7. The van der Waals surface area contributed by atoms with Crippen molar-refractivity contribution in [3.05, 3.63) is 83.3 Å². The molecule has 8 nitrogen and oxygen atoms in total. The quantitative estimate of drug-likeness (QED) is 0.642. The summed E-state index contributed by atoms with van der Waals surface area (Å²) in [5, 5.41) is 0. The van der Waals surface area contributed by atoms with Crippen LogP contribution < -0.4 is 5.73 Å². The van der Waals surface area contributed by atoms with E-state index in [1.54, 1.807) is 48.7 Å². The molecule has 1 aromatic heterocycles. The van der Waals surface area contributed by atoms with Gasteiger partial charge < -0.3 is 20.1 Å². The number of methoxy groups -OCH3 is 1. The van der Waals surface area contributed by atoms with Crippen LogP contribution in [0, 0.1) is 0 Å². The number of ether oxygens (including phenoxy) is 2. The van der Waals surface area contributed by atoms with Gasteiger partial charge in [-0.1, -0.05) is 24.3 Å². The third-order valence-electron chi connectivity index (χ3n) is 5.34. The van der Waals surface area contributed by atoms with Gasteiger partial charge in [0.15, 0.2) is 0 Å². The second-order valence-corrected chi connectivity index (χ2v) is 7.47. The molecule has 2 heterocycles. The Morgan fingerprint density at radius 3 is 2.44 bits per heavy atom. The number of hydrogen-bond donors (Lipinski definition) is 1. The van der Waals surface area contributed by atoms with Crippen LogP contribution in [0.25, 0.3) is 11.3 Å². The Morgan fingerprint density at radius 2 is 1.75 bits per heavy atom. The van der Waals surface area contributed by atoms with Gasteiger partial charge in [-0.25, -0.2) is 0 Å². The molecule has 1 atom stereocenters. The molecule has 0 saturated carbocycles. The average Bonchev–Trinajstić information content (AvgIpc) is 2.84. The first-order chi connectivity index (χ1) is 15.6. The predicted molar refractivity (Wildman–Crippen MR) is 118 cm³/mol. The fourth-order valence-corrected chi connectivity index (χ4v) is 3.69. The molecule has 1 aliphatic heterocycles. The van der Waals surface area contributed by atoms with E-state index in [-0.39, 0.29) is 5.91 Å². The van der Waals surface area contributed by atoms with Crippen LogP contribution in [-0.2, 0) is 16.1 Å². The van der Waals surface area contributed by atoms with E-state index in [2.05, 4.69) is 9.97 Å². The maximum absolute atomic E-state index is 13.1. The number of amides is 2. The van der Waals surface area contributed by atoms with Crippen LogP contribution in [0.3, 0.4) is 0 Å². The molecule has 1 saturated heterocycles. The molecule has 8 heteroatoms. The number of primary amides is 1. The molecule has 0 spiro atoms. The molecule has 1 unspecified atom stereocenters. The van der Waals surface area contributed by atoms with Gasteiger partial charge in [0.1, 0.15) is 6.10 Å². The number of nitrogens with zero attached hydrogens (tertiary/aromatic N) is 3. The number of hydrogen-bond acceptors (Lipinski definition) is 6. The van der Waals surface area contributed by atoms with Crippen LogP contribution in [0.5, 0.6) is 0 Å². The van der Waals surface area contributed by atoms with Gasteiger partial charge in [-0.05, 0) is 29.8 Å². The second-order valence-electron chi connectivity index (χ2n) is 7.47. The number of benzene rings is 2. The lowest BCUT2D eigenvalue weighted by atomic mass is 10.0. The van der Waals surface area contributed by atoms with Crippen molar-refractivity contribution in [3.8, 4) is 11.3 Å². The Balaban J connectivity index is 1.55. The standard InChI is InChI=1S/C24H24N4O4/c1-31-15-16-2-4-19(5-3-16)24(30)28-12-13-32-20(14-28)22-21(26-10-11-27-22)17-6-8-18(9-7-17)23(25)29/h2-11,20H,12-15H2,1H3,(H2,25,29). The van der Waals surface area contributed by atoms with Gasteiger partial charge in [0.25, 0.3) is 5.91 Å². The molecule has 2 amide bonds. The van der Waals surface area contributed by atoms with E-state index in [1.165, 1.54) is 0 Å². The Kier molecular flexibility index (Phi) is 6.53. The Bertz CT molecular complexity index is 1100. The monoisotopic (exact) mass is 432 g/mol. The SMILES string of the molecule is COCc1ccc(C(=O)N2CCOC(c3nccnc3-c3ccc(C(N)=O)cc3)C2)cc1. The van der Waals surface area contributed by atoms with Crippen LogP contribution >= 0.6 is 0 Å². The van der Waals surface area contributed by atoms with Gasteiger partial charge in [0.05, 0.1) is 31.1 Å².